The van der Waals surface area contributed by atoms with Crippen LogP contribution in [0.4, 0.5) is 0 Å². The molecule has 1 N–H and O–H groups in total. The van der Waals surface area contributed by atoms with Gasteiger partial charge in [-0.3, -0.25) is 4.79 Å². The minimum atomic E-state index is -0.303. The number of carbonyl (C=O) groups is 1. The summed E-state index contributed by atoms with van der Waals surface area (Å²) in [4.78, 5) is 17.5. The van der Waals surface area contributed by atoms with Crippen molar-refractivity contribution in [1.82, 2.24) is 34.7 Å². The fourth-order valence-corrected chi connectivity index (χ4v) is 3.18. The highest BCUT2D eigenvalue weighted by molar-refractivity contribution is 6.01. The van der Waals surface area contributed by atoms with Crippen LogP contribution in [0.15, 0.2) is 12.4 Å². The van der Waals surface area contributed by atoms with Crippen LogP contribution in [-0.2, 0) is 11.3 Å². The molecular weight excluding hydrogens is 346 g/mol. The van der Waals surface area contributed by atoms with E-state index in [1.807, 2.05) is 38.3 Å². The number of rotatable bonds is 7. The van der Waals surface area contributed by atoms with Crippen LogP contribution in [0.1, 0.15) is 52.7 Å². The van der Waals surface area contributed by atoms with Crippen molar-refractivity contribution in [2.24, 2.45) is 0 Å². The molecule has 0 aliphatic heterocycles. The number of carbonyl (C=O) groups excluding carboxylic acids is 1. The second kappa shape index (κ2) is 7.83. The van der Waals surface area contributed by atoms with Gasteiger partial charge < -0.3 is 14.6 Å². The van der Waals surface area contributed by atoms with Crippen LogP contribution in [0.25, 0.3) is 5.65 Å². The molecule has 3 heterocycles. The normalized spacial score (nSPS) is 12.5. The molecule has 0 fully saturated rings. The van der Waals surface area contributed by atoms with Crippen molar-refractivity contribution in [3.63, 3.8) is 0 Å². The molecule has 3 aromatic heterocycles. The second-order valence-corrected chi connectivity index (χ2v) is 6.66. The summed E-state index contributed by atoms with van der Waals surface area (Å²) in [5.74, 6) is 0.479. The minimum Gasteiger partial charge on any atom is -0.385 e. The molecule has 1 atom stereocenters. The molecule has 0 saturated carbocycles. The Bertz CT molecular complexity index is 960. The van der Waals surface area contributed by atoms with Gasteiger partial charge in [-0.25, -0.2) is 9.50 Å². The van der Waals surface area contributed by atoms with Crippen molar-refractivity contribution < 1.29 is 9.53 Å². The smallest absolute Gasteiger partial charge is 0.257 e. The summed E-state index contributed by atoms with van der Waals surface area (Å²) in [7, 11) is 1.67. The second-order valence-electron chi connectivity index (χ2n) is 6.66. The molecule has 0 radical (unpaired) electrons. The zero-order chi connectivity index (χ0) is 19.6. The first kappa shape index (κ1) is 19.0. The van der Waals surface area contributed by atoms with Crippen LogP contribution in [-0.4, -0.2) is 49.0 Å². The molecule has 0 aliphatic rings. The molecule has 3 aromatic rings. The lowest BCUT2D eigenvalue weighted by Crippen LogP contribution is -2.29. The van der Waals surface area contributed by atoms with Crippen LogP contribution in [0.3, 0.4) is 0 Å². The monoisotopic (exact) mass is 371 g/mol. The molecule has 9 heteroatoms. The fraction of sp³-hybridized carbons (Fsp3) is 0.500. The quantitative estimate of drug-likeness (QED) is 0.636. The number of methoxy groups -OCH3 is 1. The van der Waals surface area contributed by atoms with Gasteiger partial charge in [0.2, 0.25) is 0 Å². The maximum Gasteiger partial charge on any atom is 0.257 e. The highest BCUT2D eigenvalue weighted by Gasteiger charge is 2.23. The van der Waals surface area contributed by atoms with Gasteiger partial charge in [0.1, 0.15) is 11.9 Å². The van der Waals surface area contributed by atoms with Gasteiger partial charge in [0.25, 0.3) is 5.91 Å². The first-order valence-electron chi connectivity index (χ1n) is 8.93. The predicted octanol–water partition coefficient (Wildman–Crippen LogP) is 1.77. The fourth-order valence-electron chi connectivity index (χ4n) is 3.18. The van der Waals surface area contributed by atoms with Crippen molar-refractivity contribution in [2.45, 2.75) is 46.7 Å². The van der Waals surface area contributed by atoms with Crippen molar-refractivity contribution in [3.05, 3.63) is 40.9 Å². The first-order chi connectivity index (χ1) is 12.9. The van der Waals surface area contributed by atoms with E-state index in [1.54, 1.807) is 18.0 Å². The van der Waals surface area contributed by atoms with Crippen LogP contribution in [0, 0.1) is 20.8 Å². The Morgan fingerprint density at radius 3 is 2.85 bits per heavy atom. The summed E-state index contributed by atoms with van der Waals surface area (Å²) < 4.78 is 8.72. The Kier molecular flexibility index (Phi) is 5.50. The third kappa shape index (κ3) is 3.82. The molecule has 3 rings (SSSR count). The summed E-state index contributed by atoms with van der Waals surface area (Å²) in [5.41, 5.74) is 3.48. The van der Waals surface area contributed by atoms with Gasteiger partial charge in [-0.15, -0.1) is 10.2 Å². The van der Waals surface area contributed by atoms with Gasteiger partial charge in [-0.05, 0) is 40.2 Å². The van der Waals surface area contributed by atoms with Crippen LogP contribution < -0.4 is 5.32 Å². The summed E-state index contributed by atoms with van der Waals surface area (Å²) in [6.07, 6.45) is 2.51. The zero-order valence-electron chi connectivity index (χ0n) is 16.4. The number of hydrogen-bond acceptors (Lipinski definition) is 6. The van der Waals surface area contributed by atoms with Gasteiger partial charge in [-0.2, -0.15) is 5.10 Å². The average molecular weight is 371 g/mol. The Balaban J connectivity index is 1.83. The van der Waals surface area contributed by atoms with E-state index in [0.29, 0.717) is 29.3 Å². The Morgan fingerprint density at radius 2 is 2.11 bits per heavy atom. The molecule has 0 bridgehead atoms. The third-order valence-electron chi connectivity index (χ3n) is 4.43. The lowest BCUT2D eigenvalue weighted by Gasteiger charge is -2.14. The summed E-state index contributed by atoms with van der Waals surface area (Å²) >= 11 is 0. The first-order valence-corrected chi connectivity index (χ1v) is 8.93. The number of amides is 1. The van der Waals surface area contributed by atoms with E-state index < -0.39 is 0 Å². The molecule has 0 aromatic carbocycles. The number of ether oxygens (including phenoxy) is 1. The van der Waals surface area contributed by atoms with E-state index in [1.165, 1.54) is 0 Å². The highest BCUT2D eigenvalue weighted by Crippen LogP contribution is 2.18. The van der Waals surface area contributed by atoms with Crippen molar-refractivity contribution in [2.75, 3.05) is 13.7 Å². The maximum absolute atomic E-state index is 13.0. The van der Waals surface area contributed by atoms with Crippen molar-refractivity contribution in [3.8, 4) is 0 Å². The molecule has 0 saturated heterocycles. The van der Waals surface area contributed by atoms with E-state index in [-0.39, 0.29) is 11.9 Å². The lowest BCUT2D eigenvalue weighted by atomic mass is 10.2. The van der Waals surface area contributed by atoms with Gasteiger partial charge in [0, 0.05) is 31.6 Å². The van der Waals surface area contributed by atoms with Crippen LogP contribution in [0.2, 0.25) is 0 Å². The van der Waals surface area contributed by atoms with Crippen LogP contribution >= 0.6 is 0 Å². The number of nitrogens with zero attached hydrogens (tertiary/aromatic N) is 6. The van der Waals surface area contributed by atoms with E-state index >= 15 is 0 Å². The van der Waals surface area contributed by atoms with E-state index in [9.17, 15) is 4.79 Å². The average Bonchev–Trinajstić information content (AvgIpc) is 3.19. The summed E-state index contributed by atoms with van der Waals surface area (Å²) in [6.45, 7) is 8.94. The number of nitrogens with one attached hydrogen (secondary N) is 1. The molecule has 144 valence electrons. The minimum absolute atomic E-state index is 0.223. The Hall–Kier alpha value is -2.81. The molecule has 0 spiro atoms. The predicted molar refractivity (Wildman–Crippen MR) is 99.6 cm³/mol. The van der Waals surface area contributed by atoms with E-state index in [2.05, 4.69) is 25.6 Å². The number of aryl methyl sites for hydroxylation is 4. The number of aromatic nitrogens is 6. The molecule has 9 nitrogen and oxygen atoms in total. The molecule has 0 aliphatic carbocycles. The largest absolute Gasteiger partial charge is 0.385 e. The molecule has 27 heavy (non-hydrogen) atoms. The number of hydrogen-bond donors (Lipinski definition) is 1. The van der Waals surface area contributed by atoms with Gasteiger partial charge in [0.15, 0.2) is 11.5 Å². The highest BCUT2D eigenvalue weighted by atomic mass is 16.5. The SMILES string of the molecule is COCCCn1cnnc1C(C)NC(=O)c1c(C)nn2c(C)cc(C)nc12. The van der Waals surface area contributed by atoms with E-state index in [0.717, 1.165) is 24.4 Å². The third-order valence-corrected chi connectivity index (χ3v) is 4.43. The van der Waals surface area contributed by atoms with Gasteiger partial charge in [0.05, 0.1) is 11.7 Å². The molecule has 1 unspecified atom stereocenters. The van der Waals surface area contributed by atoms with E-state index in [4.69, 9.17) is 4.74 Å². The van der Waals surface area contributed by atoms with Crippen LogP contribution in [0.5, 0.6) is 0 Å². The zero-order valence-corrected chi connectivity index (χ0v) is 16.4. The van der Waals surface area contributed by atoms with Crippen molar-refractivity contribution in [1.29, 1.82) is 0 Å². The standard InChI is InChI=1S/C18H25N7O2/c1-11-9-12(2)25-17(20-11)15(13(3)23-25)18(26)21-14(4)16-22-19-10-24(16)7-6-8-27-5/h9-10,14H,6-8H2,1-5H3,(H,21,26). The molecular formula is C18H25N7O2. The summed E-state index contributed by atoms with van der Waals surface area (Å²) in [5, 5.41) is 15.6. The number of fused-ring (bicyclic) bond motifs is 1. The van der Waals surface area contributed by atoms with Gasteiger partial charge >= 0.3 is 0 Å². The van der Waals surface area contributed by atoms with Gasteiger partial charge in [-0.1, -0.05) is 0 Å². The Labute approximate surface area is 157 Å². The summed E-state index contributed by atoms with van der Waals surface area (Å²) in [6, 6.07) is 1.63. The molecule has 1 amide bonds. The maximum atomic E-state index is 13.0. The lowest BCUT2D eigenvalue weighted by molar-refractivity contribution is 0.0938. The van der Waals surface area contributed by atoms with Crippen molar-refractivity contribution >= 4 is 11.6 Å². The topological polar surface area (TPSA) is 99.2 Å². The Morgan fingerprint density at radius 1 is 1.33 bits per heavy atom.